The zero-order valence-corrected chi connectivity index (χ0v) is 36.3. The van der Waals surface area contributed by atoms with Gasteiger partial charge in [0.2, 0.25) is 0 Å². The minimum absolute atomic E-state index is 1.10. The molecule has 0 aliphatic carbocycles. The van der Waals surface area contributed by atoms with Gasteiger partial charge in [-0.3, -0.25) is 0 Å². The summed E-state index contributed by atoms with van der Waals surface area (Å²) in [6.07, 6.45) is 0. The molecule has 11 aromatic rings. The van der Waals surface area contributed by atoms with Crippen LogP contribution in [0, 0.1) is 0 Å². The topological polar surface area (TPSA) is 3.24 Å². The quantitative estimate of drug-likeness (QED) is 0.138. The highest BCUT2D eigenvalue weighted by Crippen LogP contribution is 2.42. The average molecular weight is 830 g/mol. The lowest BCUT2D eigenvalue weighted by molar-refractivity contribution is 1.29. The fourth-order valence-corrected chi connectivity index (χ4v) is 15.9. The molecule has 0 aromatic heterocycles. The van der Waals surface area contributed by atoms with Crippen molar-refractivity contribution in [1.82, 2.24) is 0 Å². The van der Waals surface area contributed by atoms with E-state index < -0.39 is 8.07 Å². The Morgan fingerprint density at radius 3 is 1.36 bits per heavy atom. The van der Waals surface area contributed by atoms with Crippen molar-refractivity contribution < 1.29 is 0 Å². The third-order valence-corrected chi connectivity index (χ3v) is 18.3. The summed E-state index contributed by atoms with van der Waals surface area (Å²) < 4.78 is 0. The van der Waals surface area contributed by atoms with E-state index in [0.717, 1.165) is 17.1 Å². The van der Waals surface area contributed by atoms with Crippen molar-refractivity contribution in [3.8, 4) is 44.5 Å². The zero-order chi connectivity index (χ0) is 42.5. The molecular weight excluding hydrogens is 787 g/mol. The SMILES string of the molecule is c1ccc(-c2ccc(N(c3ccc(-c4cccc5cccc(-c6ccccc6)c45)cc3)c3ccc4c5c(ccc4c3)-c3ccccc3[Si]5(c3ccccc3)c3ccccc3)cc2)cc1. The summed E-state index contributed by atoms with van der Waals surface area (Å²) >= 11 is 0. The fourth-order valence-electron chi connectivity index (χ4n) is 10.5. The summed E-state index contributed by atoms with van der Waals surface area (Å²) in [4.78, 5) is 2.41. The Hall–Kier alpha value is -8.04. The second-order valence-electron chi connectivity index (χ2n) is 16.8. The van der Waals surface area contributed by atoms with Crippen LogP contribution in [0.15, 0.2) is 261 Å². The molecule has 0 saturated carbocycles. The number of anilines is 3. The van der Waals surface area contributed by atoms with Gasteiger partial charge in [-0.25, -0.2) is 0 Å². The van der Waals surface area contributed by atoms with Crippen LogP contribution in [-0.4, -0.2) is 8.07 Å². The van der Waals surface area contributed by atoms with Gasteiger partial charge < -0.3 is 4.90 Å². The molecule has 0 spiro atoms. The highest BCUT2D eigenvalue weighted by Gasteiger charge is 2.49. The van der Waals surface area contributed by atoms with E-state index in [1.807, 2.05) is 0 Å². The number of nitrogens with zero attached hydrogens (tertiary/aromatic N) is 1. The number of fused-ring (bicyclic) bond motifs is 6. The van der Waals surface area contributed by atoms with E-state index >= 15 is 0 Å². The smallest absolute Gasteiger partial charge is 0.181 e. The molecular formula is C62H43NSi. The van der Waals surface area contributed by atoms with Crippen LogP contribution in [0.3, 0.4) is 0 Å². The highest BCUT2D eigenvalue weighted by molar-refractivity contribution is 7.23. The lowest BCUT2D eigenvalue weighted by Crippen LogP contribution is -2.72. The maximum atomic E-state index is 2.41. The first-order chi connectivity index (χ1) is 31.8. The van der Waals surface area contributed by atoms with E-state index in [-0.39, 0.29) is 0 Å². The summed E-state index contributed by atoms with van der Waals surface area (Å²) in [6.45, 7) is 0. The van der Waals surface area contributed by atoms with Gasteiger partial charge in [0.15, 0.2) is 8.07 Å². The van der Waals surface area contributed by atoms with Crippen LogP contribution in [0.2, 0.25) is 0 Å². The zero-order valence-electron chi connectivity index (χ0n) is 35.3. The molecule has 1 aliphatic rings. The van der Waals surface area contributed by atoms with Crippen molar-refractivity contribution in [2.24, 2.45) is 0 Å². The third kappa shape index (κ3) is 6.14. The highest BCUT2D eigenvalue weighted by atomic mass is 28.3. The van der Waals surface area contributed by atoms with Gasteiger partial charge in [-0.15, -0.1) is 0 Å². The molecule has 0 N–H and O–H groups in total. The first kappa shape index (κ1) is 37.7. The Kier molecular flexibility index (Phi) is 9.25. The van der Waals surface area contributed by atoms with Crippen molar-refractivity contribution in [3.05, 3.63) is 261 Å². The molecule has 12 rings (SSSR count). The molecule has 0 amide bonds. The number of hydrogen-bond donors (Lipinski definition) is 0. The van der Waals surface area contributed by atoms with Crippen LogP contribution in [0.5, 0.6) is 0 Å². The van der Waals surface area contributed by atoms with Gasteiger partial charge in [0, 0.05) is 17.1 Å². The van der Waals surface area contributed by atoms with E-state index in [1.54, 1.807) is 0 Å². The van der Waals surface area contributed by atoms with Gasteiger partial charge in [-0.05, 0) is 123 Å². The predicted octanol–water partition coefficient (Wildman–Crippen LogP) is 13.8. The van der Waals surface area contributed by atoms with Gasteiger partial charge in [-0.1, -0.05) is 224 Å². The van der Waals surface area contributed by atoms with Crippen LogP contribution >= 0.6 is 0 Å². The molecule has 1 aliphatic heterocycles. The average Bonchev–Trinajstić information content (AvgIpc) is 3.69. The Bertz CT molecular complexity index is 3410. The Morgan fingerprint density at radius 2 is 0.750 bits per heavy atom. The lowest BCUT2D eigenvalue weighted by atomic mass is 9.91. The van der Waals surface area contributed by atoms with Gasteiger partial charge in [-0.2, -0.15) is 0 Å². The molecule has 2 heteroatoms. The molecule has 1 nitrogen and oxygen atoms in total. The predicted molar refractivity (Wildman–Crippen MR) is 275 cm³/mol. The summed E-state index contributed by atoms with van der Waals surface area (Å²) in [6, 6.07) is 96.5. The van der Waals surface area contributed by atoms with Crippen LogP contribution in [-0.2, 0) is 0 Å². The van der Waals surface area contributed by atoms with Gasteiger partial charge in [0.25, 0.3) is 0 Å². The maximum absolute atomic E-state index is 2.70. The molecule has 300 valence electrons. The maximum Gasteiger partial charge on any atom is 0.181 e. The van der Waals surface area contributed by atoms with E-state index in [4.69, 9.17) is 0 Å². The van der Waals surface area contributed by atoms with Crippen LogP contribution in [0.4, 0.5) is 17.1 Å². The summed E-state index contributed by atoms with van der Waals surface area (Å²) in [5.74, 6) is 0. The molecule has 0 saturated heterocycles. The van der Waals surface area contributed by atoms with Crippen LogP contribution in [0.1, 0.15) is 0 Å². The summed E-state index contributed by atoms with van der Waals surface area (Å²) in [5, 5.41) is 10.8. The molecule has 11 aromatic carbocycles. The van der Waals surface area contributed by atoms with E-state index in [9.17, 15) is 0 Å². The van der Waals surface area contributed by atoms with Crippen LogP contribution < -0.4 is 25.6 Å². The first-order valence-corrected chi connectivity index (χ1v) is 24.2. The molecule has 0 unspecified atom stereocenters. The minimum atomic E-state index is -2.70. The van der Waals surface area contributed by atoms with E-state index in [0.29, 0.717) is 0 Å². The van der Waals surface area contributed by atoms with Crippen molar-refractivity contribution in [2.45, 2.75) is 0 Å². The lowest BCUT2D eigenvalue weighted by Gasteiger charge is -2.32. The second-order valence-corrected chi connectivity index (χ2v) is 20.5. The van der Waals surface area contributed by atoms with Crippen molar-refractivity contribution in [1.29, 1.82) is 0 Å². The van der Waals surface area contributed by atoms with E-state index in [1.165, 1.54) is 86.8 Å². The van der Waals surface area contributed by atoms with E-state index in [2.05, 4.69) is 266 Å². The second kappa shape index (κ2) is 15.7. The number of rotatable bonds is 8. The molecule has 0 atom stereocenters. The van der Waals surface area contributed by atoms with Crippen LogP contribution in [0.25, 0.3) is 66.1 Å². The summed E-state index contributed by atoms with van der Waals surface area (Å²) in [7, 11) is -2.70. The molecule has 64 heavy (non-hydrogen) atoms. The molecule has 0 radical (unpaired) electrons. The summed E-state index contributed by atoms with van der Waals surface area (Å²) in [5.41, 5.74) is 13.3. The monoisotopic (exact) mass is 829 g/mol. The van der Waals surface area contributed by atoms with Crippen molar-refractivity contribution in [2.75, 3.05) is 4.90 Å². The van der Waals surface area contributed by atoms with Crippen molar-refractivity contribution in [3.63, 3.8) is 0 Å². The van der Waals surface area contributed by atoms with Gasteiger partial charge in [0.05, 0.1) is 0 Å². The minimum Gasteiger partial charge on any atom is -0.310 e. The van der Waals surface area contributed by atoms with Crippen molar-refractivity contribution >= 4 is 67.4 Å². The number of benzene rings is 11. The standard InChI is InChI=1S/C62H43NSi/c1-5-17-44(18-6-1)45-31-36-50(37-32-45)63(51-38-33-47(34-39-51)56-29-16-22-48-21-15-28-55(61(48)56)46-19-7-2-8-20-46)52-40-42-57-49(43-52)35-41-59-58-27-13-14-30-60(58)64(62(57)59,53-23-9-3-10-24-53)54-25-11-4-12-26-54/h1-43H. The Morgan fingerprint density at radius 1 is 0.281 bits per heavy atom. The normalized spacial score (nSPS) is 12.5. The molecule has 0 fully saturated rings. The Balaban J connectivity index is 1.03. The number of hydrogen-bond acceptors (Lipinski definition) is 1. The van der Waals surface area contributed by atoms with Gasteiger partial charge in [0.1, 0.15) is 0 Å². The fraction of sp³-hybridized carbons (Fsp3) is 0. The largest absolute Gasteiger partial charge is 0.310 e. The first-order valence-electron chi connectivity index (χ1n) is 22.2. The third-order valence-electron chi connectivity index (χ3n) is 13.3. The van der Waals surface area contributed by atoms with Gasteiger partial charge >= 0.3 is 0 Å². The molecule has 1 heterocycles. The molecule has 0 bridgehead atoms. The Labute approximate surface area is 375 Å².